The molecule has 0 radical (unpaired) electrons. The summed E-state index contributed by atoms with van der Waals surface area (Å²) < 4.78 is 0. The molecule has 0 aliphatic heterocycles. The Hall–Kier alpha value is -0.300. The molecule has 16 heavy (non-hydrogen) atoms. The molecule has 0 spiro atoms. The van der Waals surface area contributed by atoms with Gasteiger partial charge in [-0.15, -0.1) is 6.58 Å². The van der Waals surface area contributed by atoms with E-state index in [9.17, 15) is 0 Å². The highest BCUT2D eigenvalue weighted by molar-refractivity contribution is 5.09. The molecule has 2 unspecified atom stereocenters. The highest BCUT2D eigenvalue weighted by atomic mass is 15.0. The topological polar surface area (TPSA) is 12.0 Å². The van der Waals surface area contributed by atoms with Gasteiger partial charge in [0.1, 0.15) is 0 Å². The van der Waals surface area contributed by atoms with Crippen LogP contribution < -0.4 is 5.32 Å². The molecule has 4 atom stereocenters. The number of fused-ring (bicyclic) bond motifs is 1. The third-order valence-corrected chi connectivity index (χ3v) is 4.99. The Morgan fingerprint density at radius 1 is 1.38 bits per heavy atom. The highest BCUT2D eigenvalue weighted by Gasteiger charge is 2.56. The van der Waals surface area contributed by atoms with Crippen molar-refractivity contribution in [3.8, 4) is 0 Å². The number of hydrogen-bond acceptors (Lipinski definition) is 1. The van der Waals surface area contributed by atoms with E-state index in [0.717, 1.165) is 24.3 Å². The fourth-order valence-corrected chi connectivity index (χ4v) is 4.11. The Balaban J connectivity index is 1.96. The normalized spacial score (nSPS) is 38.3. The smallest absolute Gasteiger partial charge is 0.0155 e. The second kappa shape index (κ2) is 4.52. The van der Waals surface area contributed by atoms with Crippen LogP contribution in [0.25, 0.3) is 0 Å². The fraction of sp³-hybridized carbons (Fsp3) is 0.867. The zero-order valence-corrected chi connectivity index (χ0v) is 11.1. The van der Waals surface area contributed by atoms with Crippen LogP contribution in [0.1, 0.15) is 52.9 Å². The average Bonchev–Trinajstić information content (AvgIpc) is 2.26. The predicted octanol–water partition coefficient (Wildman–Crippen LogP) is 3.76. The van der Waals surface area contributed by atoms with Crippen molar-refractivity contribution < 1.29 is 0 Å². The van der Waals surface area contributed by atoms with E-state index in [1.54, 1.807) is 0 Å². The molecule has 2 aliphatic rings. The van der Waals surface area contributed by atoms with Gasteiger partial charge in [0.05, 0.1) is 0 Å². The predicted molar refractivity (Wildman–Crippen MR) is 70.4 cm³/mol. The van der Waals surface area contributed by atoms with Gasteiger partial charge in [-0.1, -0.05) is 32.8 Å². The highest BCUT2D eigenvalue weighted by Crippen LogP contribution is 2.57. The van der Waals surface area contributed by atoms with E-state index in [0.29, 0.717) is 11.5 Å². The molecule has 2 rings (SSSR count). The third kappa shape index (κ3) is 1.95. The Morgan fingerprint density at radius 3 is 2.75 bits per heavy atom. The van der Waals surface area contributed by atoms with Crippen molar-refractivity contribution in [3.05, 3.63) is 12.7 Å². The molecule has 0 aromatic rings. The van der Waals surface area contributed by atoms with Gasteiger partial charge in [0, 0.05) is 12.1 Å². The molecule has 0 aromatic heterocycles. The van der Waals surface area contributed by atoms with Crippen LogP contribution >= 0.6 is 0 Å². The molecule has 92 valence electrons. The van der Waals surface area contributed by atoms with E-state index >= 15 is 0 Å². The zero-order valence-electron chi connectivity index (χ0n) is 11.1. The summed E-state index contributed by atoms with van der Waals surface area (Å²) in [4.78, 5) is 0. The van der Waals surface area contributed by atoms with Crippen molar-refractivity contribution in [1.29, 1.82) is 0 Å². The van der Waals surface area contributed by atoms with Crippen LogP contribution in [0.4, 0.5) is 0 Å². The minimum Gasteiger partial charge on any atom is -0.310 e. The Labute approximate surface area is 101 Å². The summed E-state index contributed by atoms with van der Waals surface area (Å²) in [6, 6.07) is 1.33. The van der Waals surface area contributed by atoms with Crippen molar-refractivity contribution in [1.82, 2.24) is 5.32 Å². The first kappa shape index (κ1) is 12.2. The van der Waals surface area contributed by atoms with E-state index in [1.165, 1.54) is 25.7 Å². The van der Waals surface area contributed by atoms with Gasteiger partial charge < -0.3 is 5.32 Å². The molecule has 0 amide bonds. The van der Waals surface area contributed by atoms with Crippen molar-refractivity contribution in [3.63, 3.8) is 0 Å². The third-order valence-electron chi connectivity index (χ3n) is 4.99. The summed E-state index contributed by atoms with van der Waals surface area (Å²) in [5.41, 5.74) is 0.514. The van der Waals surface area contributed by atoms with Crippen LogP contribution in [0, 0.1) is 17.3 Å². The first-order valence-corrected chi connectivity index (χ1v) is 6.94. The van der Waals surface area contributed by atoms with E-state index in [1.807, 2.05) is 6.08 Å². The van der Waals surface area contributed by atoms with E-state index < -0.39 is 0 Å². The number of rotatable bonds is 4. The Morgan fingerprint density at radius 2 is 2.06 bits per heavy atom. The van der Waals surface area contributed by atoms with Crippen LogP contribution in [0.15, 0.2) is 12.7 Å². The average molecular weight is 221 g/mol. The summed E-state index contributed by atoms with van der Waals surface area (Å²) in [7, 11) is 0. The van der Waals surface area contributed by atoms with Crippen molar-refractivity contribution >= 4 is 0 Å². The molecule has 2 fully saturated rings. The van der Waals surface area contributed by atoms with Gasteiger partial charge in [-0.2, -0.15) is 0 Å². The summed E-state index contributed by atoms with van der Waals surface area (Å²) in [6.45, 7) is 11.0. The summed E-state index contributed by atoms with van der Waals surface area (Å²) in [5, 5.41) is 3.84. The second-order valence-corrected chi connectivity index (χ2v) is 6.45. The van der Waals surface area contributed by atoms with Crippen LogP contribution in [-0.2, 0) is 0 Å². The minimum atomic E-state index is 0.514. The van der Waals surface area contributed by atoms with Crippen molar-refractivity contribution in [2.45, 2.75) is 65.0 Å². The molecular formula is C15H27N. The lowest BCUT2D eigenvalue weighted by Gasteiger charge is -2.62. The monoisotopic (exact) mass is 221 g/mol. The van der Waals surface area contributed by atoms with Crippen molar-refractivity contribution in [2.75, 3.05) is 0 Å². The number of hydrogen-bond donors (Lipinski definition) is 1. The van der Waals surface area contributed by atoms with Gasteiger partial charge in [0.2, 0.25) is 0 Å². The van der Waals surface area contributed by atoms with Gasteiger partial charge in [-0.3, -0.25) is 0 Å². The zero-order chi connectivity index (χ0) is 11.8. The van der Waals surface area contributed by atoms with Gasteiger partial charge in [-0.05, 0) is 43.4 Å². The summed E-state index contributed by atoms with van der Waals surface area (Å²) in [6.07, 6.45) is 8.94. The van der Waals surface area contributed by atoms with E-state index in [-0.39, 0.29) is 0 Å². The van der Waals surface area contributed by atoms with Crippen LogP contribution in [0.2, 0.25) is 0 Å². The maximum atomic E-state index is 3.84. The van der Waals surface area contributed by atoms with Crippen molar-refractivity contribution in [2.24, 2.45) is 17.3 Å². The molecule has 0 aromatic carbocycles. The first-order chi connectivity index (χ1) is 7.57. The van der Waals surface area contributed by atoms with E-state index in [2.05, 4.69) is 32.7 Å². The lowest BCUT2D eigenvalue weighted by Crippen LogP contribution is -2.66. The summed E-state index contributed by atoms with van der Waals surface area (Å²) in [5.74, 6) is 1.94. The maximum Gasteiger partial charge on any atom is 0.0155 e. The molecule has 0 heterocycles. The fourth-order valence-electron chi connectivity index (χ4n) is 4.11. The van der Waals surface area contributed by atoms with Gasteiger partial charge >= 0.3 is 0 Å². The van der Waals surface area contributed by atoms with Crippen LogP contribution in [0.5, 0.6) is 0 Å². The summed E-state index contributed by atoms with van der Waals surface area (Å²) >= 11 is 0. The Bertz CT molecular complexity index is 256. The minimum absolute atomic E-state index is 0.514. The number of nitrogens with one attached hydrogen (secondary N) is 1. The molecule has 1 nitrogen and oxygen atoms in total. The molecule has 1 N–H and O–H groups in total. The molecule has 0 saturated heterocycles. The van der Waals surface area contributed by atoms with E-state index in [4.69, 9.17) is 0 Å². The van der Waals surface area contributed by atoms with Gasteiger partial charge in [-0.25, -0.2) is 0 Å². The van der Waals surface area contributed by atoms with Crippen LogP contribution in [0.3, 0.4) is 0 Å². The molecule has 0 bridgehead atoms. The molecular weight excluding hydrogens is 194 g/mol. The standard InChI is InChI=1S/C15H27N/c1-5-8-11(2)16-14-12-9-6-7-10-13(12)15(14,3)4/h5,11-14,16H,1,6-10H2,2-4H3/t11?,12-,13+,14?/m1/s1. The first-order valence-electron chi connectivity index (χ1n) is 6.94. The van der Waals surface area contributed by atoms with Gasteiger partial charge in [0.15, 0.2) is 0 Å². The quantitative estimate of drug-likeness (QED) is 0.713. The second-order valence-electron chi connectivity index (χ2n) is 6.45. The SMILES string of the molecule is C=CCC(C)NC1[C@@H]2CCCC[C@@H]2C1(C)C. The largest absolute Gasteiger partial charge is 0.310 e. The lowest BCUT2D eigenvalue weighted by atomic mass is 9.47. The van der Waals surface area contributed by atoms with Crippen LogP contribution in [-0.4, -0.2) is 12.1 Å². The van der Waals surface area contributed by atoms with Gasteiger partial charge in [0.25, 0.3) is 0 Å². The Kier molecular flexibility index (Phi) is 3.44. The molecule has 1 heteroatoms. The molecule has 2 saturated carbocycles. The molecule has 2 aliphatic carbocycles. The maximum absolute atomic E-state index is 3.84. The lowest BCUT2D eigenvalue weighted by molar-refractivity contribution is -0.0909.